The predicted molar refractivity (Wildman–Crippen MR) is 171 cm³/mol. The SMILES string of the molecule is COc1cc(C2C3=CCC4C(=O)N(c5ccc(C(C)=O)cc5)C(=O)C4C3CC3C(=O)N(c4ccccc4)C(=O)C32C)cc(OC)c1O. The van der Waals surface area contributed by atoms with E-state index in [4.69, 9.17) is 9.47 Å². The molecule has 2 aliphatic heterocycles. The summed E-state index contributed by atoms with van der Waals surface area (Å²) in [7, 11) is 2.83. The largest absolute Gasteiger partial charge is 0.502 e. The fourth-order valence-corrected chi connectivity index (χ4v) is 8.40. The van der Waals surface area contributed by atoms with Gasteiger partial charge >= 0.3 is 0 Å². The number of imide groups is 2. The van der Waals surface area contributed by atoms with Crippen molar-refractivity contribution in [2.45, 2.75) is 32.6 Å². The molecule has 47 heavy (non-hydrogen) atoms. The fraction of sp³-hybridized carbons (Fsp3) is 0.324. The van der Waals surface area contributed by atoms with Crippen molar-refractivity contribution in [1.29, 1.82) is 0 Å². The lowest BCUT2D eigenvalue weighted by Gasteiger charge is -2.49. The third-order valence-corrected chi connectivity index (χ3v) is 10.7. The van der Waals surface area contributed by atoms with Crippen molar-refractivity contribution < 1.29 is 38.6 Å². The molecule has 0 aromatic heterocycles. The molecule has 7 rings (SSSR count). The Morgan fingerprint density at radius 1 is 0.830 bits per heavy atom. The number of Topliss-reactive ketones (excluding diaryl/α,β-unsaturated/α-hetero) is 1. The van der Waals surface area contributed by atoms with Crippen LogP contribution in [0.2, 0.25) is 0 Å². The van der Waals surface area contributed by atoms with Gasteiger partial charge in [-0.05, 0) is 86.7 Å². The number of rotatable bonds is 6. The molecule has 0 spiro atoms. The third-order valence-electron chi connectivity index (χ3n) is 10.7. The fourth-order valence-electron chi connectivity index (χ4n) is 8.40. The molecular weight excluding hydrogens is 600 g/mol. The number of phenolic OH excluding ortho intramolecular Hbond substituents is 1. The highest BCUT2D eigenvalue weighted by atomic mass is 16.5. The van der Waals surface area contributed by atoms with Gasteiger partial charge in [-0.15, -0.1) is 0 Å². The van der Waals surface area contributed by atoms with Gasteiger partial charge in [0, 0.05) is 11.5 Å². The summed E-state index contributed by atoms with van der Waals surface area (Å²) in [6.45, 7) is 3.24. The summed E-state index contributed by atoms with van der Waals surface area (Å²) in [5.74, 6) is -4.90. The van der Waals surface area contributed by atoms with Gasteiger partial charge in [0.1, 0.15) is 0 Å². The molecule has 4 amide bonds. The second-order valence-electron chi connectivity index (χ2n) is 12.9. The van der Waals surface area contributed by atoms with Crippen LogP contribution >= 0.6 is 0 Å². The zero-order valence-electron chi connectivity index (χ0n) is 26.4. The second-order valence-corrected chi connectivity index (χ2v) is 12.9. The van der Waals surface area contributed by atoms with Gasteiger partial charge in [0.25, 0.3) is 0 Å². The number of ketones is 1. The van der Waals surface area contributed by atoms with E-state index in [0.29, 0.717) is 22.5 Å². The standard InChI is InChI=1S/C37H34N2O8/c1-19(40)20-10-12-23(13-11-20)38-33(42)25-15-14-24-26(30(25)35(38)44)18-27-34(43)39(22-8-6-5-7-9-22)36(45)37(27,2)31(24)21-16-28(46-3)32(41)29(17-21)47-4/h5-14,16-17,25-27,30-31,41H,15,18H2,1-4H3. The molecule has 6 atom stereocenters. The van der Waals surface area contributed by atoms with Crippen molar-refractivity contribution >= 4 is 40.8 Å². The van der Waals surface area contributed by atoms with E-state index >= 15 is 0 Å². The monoisotopic (exact) mass is 634 g/mol. The van der Waals surface area contributed by atoms with Gasteiger partial charge in [0.2, 0.25) is 29.4 Å². The van der Waals surface area contributed by atoms with Gasteiger partial charge in [-0.25, -0.2) is 4.90 Å². The average Bonchev–Trinajstić information content (AvgIpc) is 3.44. The number of benzene rings is 3. The van der Waals surface area contributed by atoms with Gasteiger partial charge in [0.05, 0.1) is 48.8 Å². The Balaban J connectivity index is 1.37. The topological polar surface area (TPSA) is 131 Å². The first-order chi connectivity index (χ1) is 22.5. The van der Waals surface area contributed by atoms with E-state index in [0.717, 1.165) is 5.57 Å². The van der Waals surface area contributed by atoms with E-state index in [1.165, 1.54) is 30.9 Å². The van der Waals surface area contributed by atoms with E-state index in [9.17, 15) is 29.1 Å². The first kappa shape index (κ1) is 30.4. The van der Waals surface area contributed by atoms with Crippen LogP contribution in [0.15, 0.2) is 78.4 Å². The van der Waals surface area contributed by atoms with Crippen LogP contribution in [0.4, 0.5) is 11.4 Å². The maximum Gasteiger partial charge on any atom is 0.241 e. The third kappa shape index (κ3) is 4.27. The van der Waals surface area contributed by atoms with E-state index in [1.807, 2.05) is 12.1 Å². The summed E-state index contributed by atoms with van der Waals surface area (Å²) in [5.41, 5.74) is 1.43. The number of hydrogen-bond donors (Lipinski definition) is 1. The van der Waals surface area contributed by atoms with Crippen LogP contribution in [0, 0.1) is 29.1 Å². The Labute approximate surface area is 271 Å². The molecule has 10 heteroatoms. The lowest BCUT2D eigenvalue weighted by molar-refractivity contribution is -0.131. The quantitative estimate of drug-likeness (QED) is 0.227. The number of methoxy groups -OCH3 is 2. The molecule has 10 nitrogen and oxygen atoms in total. The molecule has 2 saturated heterocycles. The molecule has 240 valence electrons. The molecule has 1 saturated carbocycles. The predicted octanol–water partition coefficient (Wildman–Crippen LogP) is 5.05. The van der Waals surface area contributed by atoms with Crippen LogP contribution in [-0.4, -0.2) is 48.7 Å². The van der Waals surface area contributed by atoms with Gasteiger partial charge in [-0.2, -0.15) is 0 Å². The van der Waals surface area contributed by atoms with Crippen LogP contribution < -0.4 is 19.3 Å². The van der Waals surface area contributed by atoms with Crippen LogP contribution in [0.1, 0.15) is 48.5 Å². The molecule has 0 bridgehead atoms. The number of carbonyl (C=O) groups excluding carboxylic acids is 5. The number of hydrogen-bond acceptors (Lipinski definition) is 8. The Bertz CT molecular complexity index is 1860. The zero-order valence-corrected chi connectivity index (χ0v) is 26.4. The maximum absolute atomic E-state index is 14.6. The molecule has 3 aromatic carbocycles. The minimum absolute atomic E-state index is 0.128. The summed E-state index contributed by atoms with van der Waals surface area (Å²) in [4.78, 5) is 71.4. The normalized spacial score (nSPS) is 28.1. The molecule has 4 aliphatic rings. The highest BCUT2D eigenvalue weighted by Gasteiger charge is 2.67. The van der Waals surface area contributed by atoms with Crippen LogP contribution in [0.5, 0.6) is 17.2 Å². The van der Waals surface area contributed by atoms with Crippen molar-refractivity contribution in [2.75, 3.05) is 24.0 Å². The van der Waals surface area contributed by atoms with Crippen molar-refractivity contribution in [2.24, 2.45) is 29.1 Å². The van der Waals surface area contributed by atoms with Crippen molar-refractivity contribution in [3.8, 4) is 17.2 Å². The molecule has 2 aliphatic carbocycles. The van der Waals surface area contributed by atoms with Gasteiger partial charge in [0.15, 0.2) is 17.3 Å². The smallest absolute Gasteiger partial charge is 0.241 e. The maximum atomic E-state index is 14.6. The molecule has 3 aromatic rings. The molecule has 3 fully saturated rings. The number of fused-ring (bicyclic) bond motifs is 4. The van der Waals surface area contributed by atoms with Crippen LogP contribution in [-0.2, 0) is 19.2 Å². The van der Waals surface area contributed by atoms with Crippen molar-refractivity contribution in [1.82, 2.24) is 0 Å². The molecule has 1 N–H and O–H groups in total. The number of aromatic hydroxyl groups is 1. The summed E-state index contributed by atoms with van der Waals surface area (Å²) < 4.78 is 11.0. The van der Waals surface area contributed by atoms with E-state index in [1.54, 1.807) is 67.6 Å². The summed E-state index contributed by atoms with van der Waals surface area (Å²) >= 11 is 0. The van der Waals surface area contributed by atoms with Crippen LogP contribution in [0.25, 0.3) is 0 Å². The Morgan fingerprint density at radius 3 is 2.04 bits per heavy atom. The Hall–Kier alpha value is -5.25. The number of anilines is 2. The summed E-state index contributed by atoms with van der Waals surface area (Å²) in [6.07, 6.45) is 2.44. The highest BCUT2D eigenvalue weighted by molar-refractivity contribution is 6.25. The van der Waals surface area contributed by atoms with E-state index in [-0.39, 0.29) is 59.5 Å². The Kier molecular flexibility index (Phi) is 7.07. The number of carbonyl (C=O) groups is 5. The molecule has 0 radical (unpaired) electrons. The number of allylic oxidation sites excluding steroid dienone is 2. The number of para-hydroxylation sites is 1. The molecule has 6 unspecified atom stereocenters. The van der Waals surface area contributed by atoms with E-state index < -0.39 is 35.0 Å². The van der Waals surface area contributed by atoms with Gasteiger partial charge in [-0.1, -0.05) is 29.8 Å². The lowest BCUT2D eigenvalue weighted by Crippen LogP contribution is -2.48. The minimum Gasteiger partial charge on any atom is -0.502 e. The molecular formula is C37H34N2O8. The number of nitrogens with zero attached hydrogens (tertiary/aromatic N) is 2. The summed E-state index contributed by atoms with van der Waals surface area (Å²) in [5, 5.41) is 10.8. The first-order valence-corrected chi connectivity index (χ1v) is 15.6. The van der Waals surface area contributed by atoms with Crippen molar-refractivity contribution in [3.63, 3.8) is 0 Å². The summed E-state index contributed by atoms with van der Waals surface area (Å²) in [6, 6.07) is 18.5. The minimum atomic E-state index is -1.26. The lowest BCUT2D eigenvalue weighted by atomic mass is 9.51. The zero-order chi connectivity index (χ0) is 33.4. The van der Waals surface area contributed by atoms with Gasteiger partial charge < -0.3 is 14.6 Å². The molecule has 2 heterocycles. The average molecular weight is 635 g/mol. The van der Waals surface area contributed by atoms with Crippen molar-refractivity contribution in [3.05, 3.63) is 89.5 Å². The van der Waals surface area contributed by atoms with E-state index in [2.05, 4.69) is 0 Å². The highest BCUT2D eigenvalue weighted by Crippen LogP contribution is 2.64. The number of ether oxygens (including phenoxy) is 2. The number of amides is 4. The number of phenols is 1. The Morgan fingerprint density at radius 2 is 1.45 bits per heavy atom. The van der Waals surface area contributed by atoms with Gasteiger partial charge in [-0.3, -0.25) is 28.9 Å². The van der Waals surface area contributed by atoms with Crippen LogP contribution in [0.3, 0.4) is 0 Å². The first-order valence-electron chi connectivity index (χ1n) is 15.6. The second kappa shape index (κ2) is 10.9.